The maximum atomic E-state index is 15.2. The van der Waals surface area contributed by atoms with E-state index >= 15 is 4.39 Å². The number of nitrogens with one attached hydrogen (secondary N) is 3. The van der Waals surface area contributed by atoms with Gasteiger partial charge in [0, 0.05) is 23.7 Å². The summed E-state index contributed by atoms with van der Waals surface area (Å²) in [5, 5.41) is 9.07. The van der Waals surface area contributed by atoms with Gasteiger partial charge < -0.3 is 31.2 Å². The Kier molecular flexibility index (Phi) is 11.9. The molecule has 4 aromatic rings. The van der Waals surface area contributed by atoms with Crippen molar-refractivity contribution in [2.45, 2.75) is 68.9 Å². The number of alkyl carbamates (subject to hydrolysis) is 1. The molecule has 4 aromatic carbocycles. The first-order valence-corrected chi connectivity index (χ1v) is 17.5. The largest absolute Gasteiger partial charge is 0.448 e. The maximum absolute atomic E-state index is 15.2. The van der Waals surface area contributed by atoms with Crippen LogP contribution in [0.5, 0.6) is 0 Å². The van der Waals surface area contributed by atoms with Crippen LogP contribution in [0, 0.1) is 29.2 Å². The molecule has 0 bridgehead atoms. The predicted molar refractivity (Wildman–Crippen MR) is 188 cm³/mol. The summed E-state index contributed by atoms with van der Waals surface area (Å²) >= 11 is 0. The third-order valence-corrected chi connectivity index (χ3v) is 9.78. The van der Waals surface area contributed by atoms with Crippen LogP contribution < -0.4 is 21.7 Å². The van der Waals surface area contributed by atoms with E-state index in [9.17, 15) is 22.8 Å². The minimum atomic E-state index is -1.18. The van der Waals surface area contributed by atoms with E-state index in [0.717, 1.165) is 18.4 Å². The third-order valence-electron chi connectivity index (χ3n) is 9.78. The molecule has 1 saturated carbocycles. The number of nitrogens with two attached hydrogens (primary N) is 1. The molecule has 1 aliphatic carbocycles. The fourth-order valence-electron chi connectivity index (χ4n) is 6.72. The summed E-state index contributed by atoms with van der Waals surface area (Å²) in [5.41, 5.74) is 8.99. The second-order valence-corrected chi connectivity index (χ2v) is 13.5. The Bertz CT molecular complexity index is 1780. The van der Waals surface area contributed by atoms with Gasteiger partial charge in [0.1, 0.15) is 29.9 Å². The van der Waals surface area contributed by atoms with Crippen molar-refractivity contribution >= 4 is 17.7 Å². The number of rotatable bonds is 13. The molecular formula is C40H42F4N4O4. The van der Waals surface area contributed by atoms with E-state index in [1.165, 1.54) is 72.8 Å². The van der Waals surface area contributed by atoms with Gasteiger partial charge in [-0.15, -0.1) is 0 Å². The zero-order valence-electron chi connectivity index (χ0n) is 28.7. The van der Waals surface area contributed by atoms with Crippen LogP contribution in [-0.2, 0) is 20.7 Å². The van der Waals surface area contributed by atoms with Crippen LogP contribution in [0.3, 0.4) is 0 Å². The van der Waals surface area contributed by atoms with Gasteiger partial charge in [-0.25, -0.2) is 22.4 Å². The van der Waals surface area contributed by atoms with Crippen molar-refractivity contribution in [1.82, 2.24) is 10.6 Å². The number of carbonyl (C=O) groups excluding carboxylic acids is 2. The molecule has 1 heterocycles. The maximum Gasteiger partial charge on any atom is 0.407 e. The van der Waals surface area contributed by atoms with Crippen LogP contribution >= 0.6 is 0 Å². The van der Waals surface area contributed by atoms with Crippen LogP contribution in [0.25, 0.3) is 0 Å². The van der Waals surface area contributed by atoms with Gasteiger partial charge in [0.05, 0.1) is 30.3 Å². The molecule has 0 spiro atoms. The standard InChI is InChI=1S/C40H42F4N4O4/c1-23-35(22-51-40(50)48-38(26-5-6-26)27-11-17-30(43)18-12-27)46-21-31(52-23)19-20-32-33(44)3-2-4-34(32)47-39(49)37(45)36(24-7-13-28(41)14-8-24)25-9-15-29(42)16-10-25/h2-4,7-18,23,26,31,35-38,46H,5-6,19-22,45H2,1H3,(H,47,49)(H,48,50)/t23-,31+,35+,37-,38+/m0/s1. The molecule has 274 valence electrons. The molecule has 1 saturated heterocycles. The Morgan fingerprint density at radius 1 is 0.865 bits per heavy atom. The Morgan fingerprint density at radius 3 is 2.00 bits per heavy atom. The van der Waals surface area contributed by atoms with Gasteiger partial charge in [-0.2, -0.15) is 0 Å². The van der Waals surface area contributed by atoms with Gasteiger partial charge in [0.2, 0.25) is 5.91 Å². The Balaban J connectivity index is 1.03. The van der Waals surface area contributed by atoms with Crippen LogP contribution in [0.2, 0.25) is 0 Å². The number of halogens is 4. The number of morpholine rings is 1. The fraction of sp³-hybridized carbons (Fsp3) is 0.350. The SMILES string of the molecule is C[C@@H]1O[C@H](CCc2c(F)cccc2NC(=O)[C@@H](N)C(c2ccc(F)cc2)c2ccc(F)cc2)CN[C@@H]1COC(=O)N[C@@H](c1ccc(F)cc1)C1CC1. The van der Waals surface area contributed by atoms with Crippen molar-refractivity contribution < 1.29 is 36.6 Å². The van der Waals surface area contributed by atoms with Gasteiger partial charge in [-0.1, -0.05) is 42.5 Å². The lowest BCUT2D eigenvalue weighted by Crippen LogP contribution is -2.54. The van der Waals surface area contributed by atoms with Crippen molar-refractivity contribution in [3.63, 3.8) is 0 Å². The molecule has 0 radical (unpaired) electrons. The van der Waals surface area contributed by atoms with Crippen LogP contribution in [0.1, 0.15) is 60.4 Å². The summed E-state index contributed by atoms with van der Waals surface area (Å²) < 4.78 is 67.9. The Morgan fingerprint density at radius 2 is 1.44 bits per heavy atom. The van der Waals surface area contributed by atoms with Crippen molar-refractivity contribution in [2.24, 2.45) is 11.7 Å². The lowest BCUT2D eigenvalue weighted by atomic mass is 9.85. The number of hydrogen-bond acceptors (Lipinski definition) is 6. The average molecular weight is 719 g/mol. The van der Waals surface area contributed by atoms with E-state index in [-0.39, 0.29) is 60.3 Å². The van der Waals surface area contributed by atoms with Crippen LogP contribution in [0.4, 0.5) is 28.0 Å². The molecule has 5 N–H and O–H groups in total. The van der Waals surface area contributed by atoms with E-state index in [1.807, 2.05) is 6.92 Å². The van der Waals surface area contributed by atoms with Gasteiger partial charge >= 0.3 is 6.09 Å². The van der Waals surface area contributed by atoms with E-state index in [0.29, 0.717) is 24.1 Å². The Hall–Kier alpha value is -4.78. The summed E-state index contributed by atoms with van der Waals surface area (Å²) in [4.78, 5) is 26.3. The normalized spacial score (nSPS) is 19.9. The fourth-order valence-corrected chi connectivity index (χ4v) is 6.72. The van der Waals surface area contributed by atoms with Crippen LogP contribution in [-0.4, -0.2) is 49.4 Å². The molecule has 0 unspecified atom stereocenters. The second kappa shape index (κ2) is 16.7. The Labute approximate surface area is 300 Å². The van der Waals surface area contributed by atoms with Gasteiger partial charge in [-0.05, 0) is 104 Å². The van der Waals surface area contributed by atoms with E-state index < -0.39 is 41.4 Å². The first-order chi connectivity index (χ1) is 25.0. The zero-order chi connectivity index (χ0) is 36.8. The molecule has 2 aliphatic rings. The van der Waals surface area contributed by atoms with E-state index in [4.69, 9.17) is 15.2 Å². The highest BCUT2D eigenvalue weighted by Crippen LogP contribution is 2.41. The molecule has 2 fully saturated rings. The third kappa shape index (κ3) is 9.36. The highest BCUT2D eigenvalue weighted by atomic mass is 19.1. The van der Waals surface area contributed by atoms with Crippen molar-refractivity contribution in [3.8, 4) is 0 Å². The molecule has 12 heteroatoms. The first-order valence-electron chi connectivity index (χ1n) is 17.5. The molecule has 6 rings (SSSR count). The first kappa shape index (κ1) is 37.0. The molecule has 52 heavy (non-hydrogen) atoms. The highest BCUT2D eigenvalue weighted by molar-refractivity contribution is 5.96. The molecule has 0 aromatic heterocycles. The number of amides is 2. The molecule has 1 aliphatic heterocycles. The molecule has 2 amide bonds. The summed E-state index contributed by atoms with van der Waals surface area (Å²) in [6.45, 7) is 2.37. The monoisotopic (exact) mass is 718 g/mol. The summed E-state index contributed by atoms with van der Waals surface area (Å²) in [5.74, 6) is -2.79. The smallest absolute Gasteiger partial charge is 0.407 e. The minimum absolute atomic E-state index is 0.0705. The molecule has 5 atom stereocenters. The summed E-state index contributed by atoms with van der Waals surface area (Å²) in [6, 6.07) is 19.9. The predicted octanol–water partition coefficient (Wildman–Crippen LogP) is 6.90. The second-order valence-electron chi connectivity index (χ2n) is 13.5. The highest BCUT2D eigenvalue weighted by Gasteiger charge is 2.35. The van der Waals surface area contributed by atoms with Gasteiger partial charge in [0.25, 0.3) is 0 Å². The van der Waals surface area contributed by atoms with Crippen molar-refractivity contribution in [2.75, 3.05) is 18.5 Å². The lowest BCUT2D eigenvalue weighted by molar-refractivity contribution is -0.117. The number of anilines is 1. The minimum Gasteiger partial charge on any atom is -0.448 e. The lowest BCUT2D eigenvalue weighted by Gasteiger charge is -2.35. The van der Waals surface area contributed by atoms with Gasteiger partial charge in [0.15, 0.2) is 0 Å². The zero-order valence-corrected chi connectivity index (χ0v) is 28.7. The van der Waals surface area contributed by atoms with E-state index in [1.54, 1.807) is 18.2 Å². The van der Waals surface area contributed by atoms with Crippen molar-refractivity contribution in [1.29, 1.82) is 0 Å². The number of hydrogen-bond donors (Lipinski definition) is 4. The van der Waals surface area contributed by atoms with E-state index in [2.05, 4.69) is 16.0 Å². The summed E-state index contributed by atoms with van der Waals surface area (Å²) in [6.07, 6.45) is 1.44. The number of benzene rings is 4. The summed E-state index contributed by atoms with van der Waals surface area (Å²) in [7, 11) is 0. The quantitative estimate of drug-likeness (QED) is 0.112. The van der Waals surface area contributed by atoms with Crippen LogP contribution in [0.15, 0.2) is 91.0 Å². The average Bonchev–Trinajstić information content (AvgIpc) is 3.98. The topological polar surface area (TPSA) is 115 Å². The van der Waals surface area contributed by atoms with Crippen molar-refractivity contribution in [3.05, 3.63) is 137 Å². The van der Waals surface area contributed by atoms with Gasteiger partial charge in [-0.3, -0.25) is 4.79 Å². The number of carbonyl (C=O) groups is 2. The molecular weight excluding hydrogens is 676 g/mol. The number of ether oxygens (including phenoxy) is 2. The molecule has 8 nitrogen and oxygen atoms in total.